The standard InChI is InChI=1S/C18H19Br2N3O3/c19-15-7-4-3-6-14(15)18(25)21-11-5-1-2-8-17(24)23-22-12-13-9-10-16(20)26-13/h3-4,6-7,9-10,12H,1-2,5,8,11H2,(H,21,25)(H,23,24). The Bertz CT molecular complexity index is 775. The SMILES string of the molecule is O=C(CCCCCNC(=O)c1ccccc1Br)NN=Cc1ccc(Br)o1. The minimum absolute atomic E-state index is 0.103. The normalized spacial score (nSPS) is 10.8. The fourth-order valence-electron chi connectivity index (χ4n) is 2.15. The third-order valence-corrected chi connectivity index (χ3v) is 4.58. The molecular formula is C18H19Br2N3O3. The second-order valence-electron chi connectivity index (χ2n) is 5.48. The van der Waals surface area contributed by atoms with Gasteiger partial charge in [0.05, 0.1) is 11.8 Å². The van der Waals surface area contributed by atoms with Crippen LogP contribution in [-0.4, -0.2) is 24.6 Å². The van der Waals surface area contributed by atoms with Crippen LogP contribution >= 0.6 is 31.9 Å². The van der Waals surface area contributed by atoms with Crippen LogP contribution in [0.25, 0.3) is 0 Å². The minimum Gasteiger partial charge on any atom is -0.448 e. The van der Waals surface area contributed by atoms with Crippen molar-refractivity contribution in [1.29, 1.82) is 0 Å². The van der Waals surface area contributed by atoms with Crippen molar-refractivity contribution in [1.82, 2.24) is 10.7 Å². The average Bonchev–Trinajstić information content (AvgIpc) is 3.03. The average molecular weight is 485 g/mol. The molecule has 0 fully saturated rings. The molecule has 0 spiro atoms. The molecule has 1 heterocycles. The van der Waals surface area contributed by atoms with E-state index in [0.717, 1.165) is 23.7 Å². The molecule has 2 amide bonds. The van der Waals surface area contributed by atoms with Crippen molar-refractivity contribution in [2.75, 3.05) is 6.54 Å². The van der Waals surface area contributed by atoms with Gasteiger partial charge in [0.2, 0.25) is 5.91 Å². The summed E-state index contributed by atoms with van der Waals surface area (Å²) in [5.74, 6) is 0.302. The van der Waals surface area contributed by atoms with Crippen molar-refractivity contribution in [3.05, 3.63) is 56.9 Å². The van der Waals surface area contributed by atoms with Gasteiger partial charge < -0.3 is 9.73 Å². The fourth-order valence-corrected chi connectivity index (χ4v) is 2.94. The van der Waals surface area contributed by atoms with Gasteiger partial charge in [-0.1, -0.05) is 18.6 Å². The number of unbranched alkanes of at least 4 members (excludes halogenated alkanes) is 2. The van der Waals surface area contributed by atoms with Gasteiger partial charge in [-0.15, -0.1) is 0 Å². The first-order chi connectivity index (χ1) is 12.6. The first kappa shape index (κ1) is 20.4. The molecule has 1 aromatic heterocycles. The highest BCUT2D eigenvalue weighted by atomic mass is 79.9. The first-order valence-corrected chi connectivity index (χ1v) is 9.75. The van der Waals surface area contributed by atoms with Crippen LogP contribution in [-0.2, 0) is 4.79 Å². The molecular weight excluding hydrogens is 466 g/mol. The van der Waals surface area contributed by atoms with Crippen LogP contribution < -0.4 is 10.7 Å². The number of amides is 2. The molecule has 0 radical (unpaired) electrons. The molecule has 0 unspecified atom stereocenters. The number of nitrogens with one attached hydrogen (secondary N) is 2. The Morgan fingerprint density at radius 1 is 1.08 bits per heavy atom. The van der Waals surface area contributed by atoms with Crippen molar-refractivity contribution >= 4 is 49.9 Å². The molecule has 0 atom stereocenters. The van der Waals surface area contributed by atoms with E-state index in [4.69, 9.17) is 4.42 Å². The Morgan fingerprint density at radius 3 is 2.62 bits per heavy atom. The smallest absolute Gasteiger partial charge is 0.252 e. The third-order valence-electron chi connectivity index (χ3n) is 3.46. The number of nitrogens with zero attached hydrogens (tertiary/aromatic N) is 1. The second-order valence-corrected chi connectivity index (χ2v) is 7.12. The first-order valence-electron chi connectivity index (χ1n) is 8.16. The number of carbonyl (C=O) groups excluding carboxylic acids is 2. The lowest BCUT2D eigenvalue weighted by molar-refractivity contribution is -0.121. The summed E-state index contributed by atoms with van der Waals surface area (Å²) in [5.41, 5.74) is 3.08. The second kappa shape index (κ2) is 10.9. The number of hydrogen-bond donors (Lipinski definition) is 2. The van der Waals surface area contributed by atoms with Gasteiger partial charge >= 0.3 is 0 Å². The summed E-state index contributed by atoms with van der Waals surface area (Å²) in [4.78, 5) is 23.7. The molecule has 0 aliphatic rings. The Labute approximate surface area is 168 Å². The third kappa shape index (κ3) is 7.13. The van der Waals surface area contributed by atoms with Crippen molar-refractivity contribution < 1.29 is 14.0 Å². The van der Waals surface area contributed by atoms with Crippen LogP contribution in [0.3, 0.4) is 0 Å². The Kier molecular flexibility index (Phi) is 8.57. The zero-order chi connectivity index (χ0) is 18.8. The lowest BCUT2D eigenvalue weighted by atomic mass is 10.2. The number of hydrazone groups is 1. The van der Waals surface area contributed by atoms with E-state index in [1.165, 1.54) is 6.21 Å². The van der Waals surface area contributed by atoms with Crippen molar-refractivity contribution in [3.63, 3.8) is 0 Å². The van der Waals surface area contributed by atoms with Crippen molar-refractivity contribution in [2.24, 2.45) is 5.10 Å². The van der Waals surface area contributed by atoms with Crippen LogP contribution in [0.1, 0.15) is 41.8 Å². The molecule has 2 N–H and O–H groups in total. The molecule has 0 aliphatic carbocycles. The summed E-state index contributed by atoms with van der Waals surface area (Å²) in [5, 5.41) is 6.71. The summed E-state index contributed by atoms with van der Waals surface area (Å²) in [6.07, 6.45) is 4.22. The highest BCUT2D eigenvalue weighted by Crippen LogP contribution is 2.15. The van der Waals surface area contributed by atoms with Gasteiger partial charge in [0.15, 0.2) is 4.67 Å². The quantitative estimate of drug-likeness (QED) is 0.317. The summed E-state index contributed by atoms with van der Waals surface area (Å²) < 4.78 is 6.61. The molecule has 0 aliphatic heterocycles. The topological polar surface area (TPSA) is 83.7 Å². The molecule has 2 rings (SSSR count). The van der Waals surface area contributed by atoms with Crippen LogP contribution in [0.15, 0.2) is 55.1 Å². The van der Waals surface area contributed by atoms with E-state index in [2.05, 4.69) is 47.7 Å². The maximum Gasteiger partial charge on any atom is 0.252 e. The Morgan fingerprint density at radius 2 is 1.88 bits per heavy atom. The highest BCUT2D eigenvalue weighted by Gasteiger charge is 2.08. The number of rotatable bonds is 9. The summed E-state index contributed by atoms with van der Waals surface area (Å²) in [6.45, 7) is 0.577. The lowest BCUT2D eigenvalue weighted by Crippen LogP contribution is -2.24. The summed E-state index contributed by atoms with van der Waals surface area (Å²) >= 11 is 6.55. The van der Waals surface area contributed by atoms with E-state index < -0.39 is 0 Å². The molecule has 6 nitrogen and oxygen atoms in total. The van der Waals surface area contributed by atoms with E-state index in [0.29, 0.717) is 29.0 Å². The van der Waals surface area contributed by atoms with Crippen molar-refractivity contribution in [2.45, 2.75) is 25.7 Å². The van der Waals surface area contributed by atoms with E-state index in [9.17, 15) is 9.59 Å². The minimum atomic E-state index is -0.149. The number of benzene rings is 1. The van der Waals surface area contributed by atoms with E-state index in [1.807, 2.05) is 18.2 Å². The van der Waals surface area contributed by atoms with Gasteiger partial charge in [-0.3, -0.25) is 9.59 Å². The summed E-state index contributed by atoms with van der Waals surface area (Å²) in [7, 11) is 0. The number of carbonyl (C=O) groups is 2. The molecule has 0 saturated carbocycles. The number of furan rings is 1. The maximum atomic E-state index is 12.0. The van der Waals surface area contributed by atoms with Gasteiger partial charge in [0.25, 0.3) is 5.91 Å². The predicted octanol–water partition coefficient (Wildman–Crippen LogP) is 4.25. The molecule has 0 bridgehead atoms. The van der Waals surface area contributed by atoms with Gasteiger partial charge in [0, 0.05) is 17.4 Å². The molecule has 8 heteroatoms. The molecule has 2 aromatic rings. The van der Waals surface area contributed by atoms with Gasteiger partial charge in [-0.05, 0) is 69.0 Å². The number of halogens is 2. The van der Waals surface area contributed by atoms with Crippen molar-refractivity contribution in [3.8, 4) is 0 Å². The number of hydrogen-bond acceptors (Lipinski definition) is 4. The van der Waals surface area contributed by atoms with Gasteiger partial charge in [0.1, 0.15) is 5.76 Å². The van der Waals surface area contributed by atoms with Crippen LogP contribution in [0.4, 0.5) is 0 Å². The largest absolute Gasteiger partial charge is 0.448 e. The van der Waals surface area contributed by atoms with E-state index >= 15 is 0 Å². The molecule has 138 valence electrons. The van der Waals surface area contributed by atoms with Gasteiger partial charge in [-0.2, -0.15) is 5.10 Å². The monoisotopic (exact) mass is 483 g/mol. The molecule has 1 aromatic carbocycles. The van der Waals surface area contributed by atoms with E-state index in [-0.39, 0.29) is 11.8 Å². The van der Waals surface area contributed by atoms with Crippen LogP contribution in [0.2, 0.25) is 0 Å². The zero-order valence-corrected chi connectivity index (χ0v) is 17.2. The zero-order valence-electron chi connectivity index (χ0n) is 14.0. The predicted molar refractivity (Wildman–Crippen MR) is 107 cm³/mol. The Balaban J connectivity index is 1.54. The fraction of sp³-hybridized carbons (Fsp3) is 0.278. The Hall–Kier alpha value is -1.93. The van der Waals surface area contributed by atoms with Crippen LogP contribution in [0, 0.1) is 0 Å². The van der Waals surface area contributed by atoms with E-state index in [1.54, 1.807) is 18.2 Å². The lowest BCUT2D eigenvalue weighted by Gasteiger charge is -2.06. The molecule has 26 heavy (non-hydrogen) atoms. The summed E-state index contributed by atoms with van der Waals surface area (Å²) in [6, 6.07) is 10.8. The highest BCUT2D eigenvalue weighted by molar-refractivity contribution is 9.10. The van der Waals surface area contributed by atoms with Gasteiger partial charge in [-0.25, -0.2) is 5.43 Å². The van der Waals surface area contributed by atoms with Crippen LogP contribution in [0.5, 0.6) is 0 Å². The molecule has 0 saturated heterocycles. The maximum absolute atomic E-state index is 12.0.